The van der Waals surface area contributed by atoms with Gasteiger partial charge in [-0.1, -0.05) is 0 Å². The van der Waals surface area contributed by atoms with Gasteiger partial charge in [-0.05, 0) is 0 Å². The van der Waals surface area contributed by atoms with Crippen LogP contribution < -0.4 is 0 Å². The minimum atomic E-state index is -1.99. The van der Waals surface area contributed by atoms with E-state index in [1.165, 1.54) is 38.5 Å². The van der Waals surface area contributed by atoms with Crippen molar-refractivity contribution in [2.24, 2.45) is 0 Å². The first-order valence-corrected chi connectivity index (χ1v) is 16.7. The molecule has 0 atom stereocenters. The zero-order valence-corrected chi connectivity index (χ0v) is 18.2. The predicted molar refractivity (Wildman–Crippen MR) is 81.8 cm³/mol. The fourth-order valence-corrected chi connectivity index (χ4v) is 9.07. The molecule has 2 radical (unpaired) electrons. The molecule has 1 nitrogen and oxygen atoms in total. The van der Waals surface area contributed by atoms with Gasteiger partial charge in [0.15, 0.2) is 0 Å². The Bertz CT molecular complexity index is 135. The van der Waals surface area contributed by atoms with Crippen molar-refractivity contribution < 1.29 is 3.08 Å². The van der Waals surface area contributed by atoms with Gasteiger partial charge < -0.3 is 0 Å². The van der Waals surface area contributed by atoms with Crippen LogP contribution in [-0.4, -0.2) is 40.9 Å². The van der Waals surface area contributed by atoms with Crippen molar-refractivity contribution in [1.29, 1.82) is 0 Å². The second-order valence-corrected chi connectivity index (χ2v) is 14.7. The topological polar surface area (TPSA) is 17.1 Å². The molecule has 0 saturated heterocycles. The molecule has 0 N–H and O–H groups in total. The van der Waals surface area contributed by atoms with Gasteiger partial charge in [0, 0.05) is 0 Å². The normalized spacial score (nSPS) is 9.65. The number of hydrogen-bond donors (Lipinski definition) is 0. The number of rotatable bonds is 10. The van der Waals surface area contributed by atoms with Crippen LogP contribution >= 0.6 is 0 Å². The molecule has 0 amide bonds. The van der Waals surface area contributed by atoms with Crippen LogP contribution in [0.5, 0.6) is 0 Å². The predicted octanol–water partition coefficient (Wildman–Crippen LogP) is 5.36. The molecular formula is C14H32OSn2. The molecule has 0 spiro atoms. The molecule has 0 aromatic rings. The number of hydrogen-bond acceptors (Lipinski definition) is 1. The third kappa shape index (κ3) is 23.0. The second kappa shape index (κ2) is 19.7. The average molecular weight is 454 g/mol. The van der Waals surface area contributed by atoms with Gasteiger partial charge in [0.2, 0.25) is 0 Å². The quantitative estimate of drug-likeness (QED) is 0.322. The van der Waals surface area contributed by atoms with Crippen molar-refractivity contribution in [3.63, 3.8) is 0 Å². The van der Waals surface area contributed by atoms with Gasteiger partial charge in [0.05, 0.1) is 0 Å². The first kappa shape index (κ1) is 20.7. The van der Waals surface area contributed by atoms with Gasteiger partial charge in [0.1, 0.15) is 0 Å². The van der Waals surface area contributed by atoms with Gasteiger partial charge >= 0.3 is 128 Å². The molecule has 0 aliphatic rings. The third-order valence-electron chi connectivity index (χ3n) is 2.47. The fourth-order valence-electron chi connectivity index (χ4n) is 1.35. The zero-order valence-electron chi connectivity index (χ0n) is 12.5. The molecule has 0 bridgehead atoms. The first-order valence-electron chi connectivity index (χ1n) is 7.45. The van der Waals surface area contributed by atoms with E-state index in [9.17, 15) is 3.08 Å². The summed E-state index contributed by atoms with van der Waals surface area (Å²) in [4.78, 5) is 0. The van der Waals surface area contributed by atoms with E-state index in [4.69, 9.17) is 0 Å². The van der Waals surface area contributed by atoms with Crippen LogP contribution in [0.3, 0.4) is 0 Å². The molecule has 0 aliphatic heterocycles. The van der Waals surface area contributed by atoms with E-state index in [-0.39, 0.29) is 21.1 Å². The summed E-state index contributed by atoms with van der Waals surface area (Å²) in [5.74, 6) is 0. The maximum absolute atomic E-state index is 11.2. The van der Waals surface area contributed by atoms with Crippen LogP contribution in [-0.2, 0) is 3.08 Å². The second-order valence-electron chi connectivity index (χ2n) is 4.50. The van der Waals surface area contributed by atoms with E-state index in [0.717, 1.165) is 8.87 Å². The van der Waals surface area contributed by atoms with E-state index in [2.05, 4.69) is 27.7 Å². The van der Waals surface area contributed by atoms with Crippen molar-refractivity contribution in [2.45, 2.75) is 84.0 Å². The van der Waals surface area contributed by atoms with E-state index in [0.29, 0.717) is 0 Å². The molecule has 17 heavy (non-hydrogen) atoms. The van der Waals surface area contributed by atoms with Crippen molar-refractivity contribution in [3.8, 4) is 0 Å². The van der Waals surface area contributed by atoms with Crippen LogP contribution in [0.15, 0.2) is 0 Å². The van der Waals surface area contributed by atoms with Crippen LogP contribution in [0, 0.1) is 0 Å². The van der Waals surface area contributed by atoms with E-state index < -0.39 is 19.7 Å². The van der Waals surface area contributed by atoms with Gasteiger partial charge in [-0.15, -0.1) is 0 Å². The molecule has 102 valence electrons. The molecule has 0 aromatic carbocycles. The van der Waals surface area contributed by atoms with Crippen molar-refractivity contribution in [1.82, 2.24) is 0 Å². The van der Waals surface area contributed by atoms with Crippen LogP contribution in [0.25, 0.3) is 0 Å². The molecule has 0 saturated carbocycles. The van der Waals surface area contributed by atoms with Crippen LogP contribution in [0.2, 0.25) is 17.7 Å². The summed E-state index contributed by atoms with van der Waals surface area (Å²) in [6.45, 7) is 8.90. The Kier molecular flexibility index (Phi) is 24.0. The molecule has 0 aliphatic carbocycles. The number of unbranched alkanes of at least 4 members (excludes halogenated alkanes) is 2. The van der Waals surface area contributed by atoms with Crippen molar-refractivity contribution in [2.75, 3.05) is 0 Å². The third-order valence-corrected chi connectivity index (χ3v) is 12.5. The summed E-state index contributed by atoms with van der Waals surface area (Å²) in [5, 5.41) is 0. The molecule has 3 heteroatoms. The zero-order chi connectivity index (χ0) is 13.4. The maximum atomic E-state index is 11.2. The minimum absolute atomic E-state index is 0.181. The molecular weight excluding hydrogens is 422 g/mol. The Morgan fingerprint density at radius 3 is 1.47 bits per heavy atom. The fraction of sp³-hybridized carbons (Fsp3) is 1.00. The molecule has 0 heterocycles. The van der Waals surface area contributed by atoms with Gasteiger partial charge in [-0.3, -0.25) is 0 Å². The van der Waals surface area contributed by atoms with Crippen LogP contribution in [0.1, 0.15) is 66.2 Å². The Labute approximate surface area is 127 Å². The molecule has 0 rings (SSSR count). The van der Waals surface area contributed by atoms with E-state index in [1.54, 1.807) is 8.87 Å². The summed E-state index contributed by atoms with van der Waals surface area (Å²) in [6, 6.07) is 0. The van der Waals surface area contributed by atoms with Crippen molar-refractivity contribution in [3.05, 3.63) is 0 Å². The summed E-state index contributed by atoms with van der Waals surface area (Å²) in [5.41, 5.74) is 0. The van der Waals surface area contributed by atoms with Gasteiger partial charge in [-0.2, -0.15) is 0 Å². The Morgan fingerprint density at radius 1 is 0.765 bits per heavy atom. The molecule has 0 fully saturated rings. The Balaban J connectivity index is 0. The molecule has 0 aromatic heterocycles. The monoisotopic (exact) mass is 456 g/mol. The SMILES string of the molecule is CCC[CH2][Sn](=[O])[CH2]CCC.CC[CH2][Sn][CH2]CC. The Hall–Kier alpha value is 1.40. The first-order chi connectivity index (χ1) is 8.22. The standard InChI is InChI=1S/2C4H9.2C3H7.O.2Sn/c2*1-3-4-2;2*1-3-2;;;/h2*1,3-4H2,2H3;2*1,3H2,2H3;;;. The summed E-state index contributed by atoms with van der Waals surface area (Å²) in [7, 11) is 0. The van der Waals surface area contributed by atoms with Crippen LogP contribution in [0.4, 0.5) is 0 Å². The summed E-state index contributed by atoms with van der Waals surface area (Å²) in [6.07, 6.45) is 7.68. The summed E-state index contributed by atoms with van der Waals surface area (Å²) >= 11 is -1.81. The van der Waals surface area contributed by atoms with Crippen molar-refractivity contribution >= 4 is 40.9 Å². The average Bonchev–Trinajstić information content (AvgIpc) is 2.35. The Morgan fingerprint density at radius 2 is 1.18 bits per heavy atom. The van der Waals surface area contributed by atoms with Gasteiger partial charge in [0.25, 0.3) is 0 Å². The van der Waals surface area contributed by atoms with Gasteiger partial charge in [-0.25, -0.2) is 0 Å². The van der Waals surface area contributed by atoms with E-state index in [1.807, 2.05) is 0 Å². The summed E-state index contributed by atoms with van der Waals surface area (Å²) < 4.78 is 16.6. The van der Waals surface area contributed by atoms with E-state index >= 15 is 0 Å². The molecule has 0 unspecified atom stereocenters.